The summed E-state index contributed by atoms with van der Waals surface area (Å²) in [5.41, 5.74) is 3.98. The molecule has 1 amide bonds. The van der Waals surface area contributed by atoms with Crippen LogP contribution in [0, 0.1) is 18.3 Å². The Morgan fingerprint density at radius 3 is 3.00 bits per heavy atom. The monoisotopic (exact) mass is 322 g/mol. The zero-order valence-corrected chi connectivity index (χ0v) is 13.3. The number of imidazole rings is 1. The number of aromatic amines is 1. The molecule has 0 atom stereocenters. The highest BCUT2D eigenvalue weighted by atomic mass is 32.2. The topological polar surface area (TPSA) is 81.6 Å². The fourth-order valence-electron chi connectivity index (χ4n) is 2.18. The molecule has 0 aliphatic heterocycles. The molecule has 3 aromatic rings. The first-order valence-electron chi connectivity index (χ1n) is 7.04. The lowest BCUT2D eigenvalue weighted by molar-refractivity contribution is -0.113. The standard InChI is InChI=1S/C17H14N4OS/c1-11-6-7-14-15(8-11)21-17(20-14)23-10-16(22)19-13-5-3-2-4-12(13)9-18/h2-8H,10H2,1H3,(H,19,22)(H,20,21). The van der Waals surface area contributed by atoms with Crippen molar-refractivity contribution in [3.8, 4) is 6.07 Å². The predicted molar refractivity (Wildman–Crippen MR) is 91.3 cm³/mol. The number of nitrogens with zero attached hydrogens (tertiary/aromatic N) is 2. The lowest BCUT2D eigenvalue weighted by Gasteiger charge is -2.05. The SMILES string of the molecule is Cc1ccc2nc(SCC(=O)Nc3ccccc3C#N)[nH]c2c1. The van der Waals surface area contributed by atoms with Crippen LogP contribution in [0.2, 0.25) is 0 Å². The summed E-state index contributed by atoms with van der Waals surface area (Å²) in [5.74, 6) is 0.0489. The Bertz CT molecular complexity index is 910. The van der Waals surface area contributed by atoms with Crippen molar-refractivity contribution >= 4 is 34.4 Å². The van der Waals surface area contributed by atoms with Gasteiger partial charge in [0.15, 0.2) is 5.16 Å². The average Bonchev–Trinajstić information content (AvgIpc) is 2.95. The molecule has 0 fully saturated rings. The third kappa shape index (κ3) is 3.52. The zero-order chi connectivity index (χ0) is 16.2. The number of H-pyrrole nitrogens is 1. The van der Waals surface area contributed by atoms with E-state index in [9.17, 15) is 4.79 Å². The summed E-state index contributed by atoms with van der Waals surface area (Å²) in [7, 11) is 0. The summed E-state index contributed by atoms with van der Waals surface area (Å²) in [6.07, 6.45) is 0. The van der Waals surface area contributed by atoms with Crippen LogP contribution in [-0.2, 0) is 4.79 Å². The van der Waals surface area contributed by atoms with Gasteiger partial charge in [0.25, 0.3) is 0 Å². The highest BCUT2D eigenvalue weighted by molar-refractivity contribution is 7.99. The van der Waals surface area contributed by atoms with E-state index in [1.807, 2.05) is 25.1 Å². The van der Waals surface area contributed by atoms with Gasteiger partial charge in [-0.2, -0.15) is 5.26 Å². The maximum Gasteiger partial charge on any atom is 0.234 e. The minimum Gasteiger partial charge on any atom is -0.333 e. The van der Waals surface area contributed by atoms with E-state index >= 15 is 0 Å². The van der Waals surface area contributed by atoms with Crippen LogP contribution < -0.4 is 5.32 Å². The number of thioether (sulfide) groups is 1. The third-order valence-corrected chi connectivity index (χ3v) is 4.15. The molecule has 0 saturated heterocycles. The first-order chi connectivity index (χ1) is 11.2. The Morgan fingerprint density at radius 1 is 1.35 bits per heavy atom. The molecule has 0 spiro atoms. The van der Waals surface area contributed by atoms with Gasteiger partial charge in [-0.1, -0.05) is 30.0 Å². The van der Waals surface area contributed by atoms with Gasteiger partial charge in [0.2, 0.25) is 5.91 Å². The van der Waals surface area contributed by atoms with E-state index in [-0.39, 0.29) is 11.7 Å². The molecule has 1 heterocycles. The van der Waals surface area contributed by atoms with Crippen LogP contribution in [-0.4, -0.2) is 21.6 Å². The summed E-state index contributed by atoms with van der Waals surface area (Å²) in [4.78, 5) is 19.7. The number of nitrogens with one attached hydrogen (secondary N) is 2. The highest BCUT2D eigenvalue weighted by Gasteiger charge is 2.09. The van der Waals surface area contributed by atoms with Crippen LogP contribution >= 0.6 is 11.8 Å². The lowest BCUT2D eigenvalue weighted by atomic mass is 10.2. The van der Waals surface area contributed by atoms with Crippen molar-refractivity contribution < 1.29 is 4.79 Å². The number of carbonyl (C=O) groups excluding carboxylic acids is 1. The fourth-order valence-corrected chi connectivity index (χ4v) is 2.86. The smallest absolute Gasteiger partial charge is 0.234 e. The number of para-hydroxylation sites is 1. The van der Waals surface area contributed by atoms with E-state index in [2.05, 4.69) is 21.4 Å². The Balaban J connectivity index is 1.65. The number of anilines is 1. The number of hydrogen-bond donors (Lipinski definition) is 2. The third-order valence-electron chi connectivity index (χ3n) is 3.28. The minimum absolute atomic E-state index is 0.172. The van der Waals surface area contributed by atoms with Gasteiger partial charge in [-0.25, -0.2) is 4.98 Å². The van der Waals surface area contributed by atoms with Crippen LogP contribution in [0.5, 0.6) is 0 Å². The number of aryl methyl sites for hydroxylation is 1. The Kier molecular flexibility index (Phi) is 4.31. The second kappa shape index (κ2) is 6.55. The summed E-state index contributed by atoms with van der Waals surface area (Å²) in [6, 6.07) is 15.0. The van der Waals surface area contributed by atoms with E-state index in [1.54, 1.807) is 24.3 Å². The van der Waals surface area contributed by atoms with E-state index < -0.39 is 0 Å². The molecule has 0 bridgehead atoms. The van der Waals surface area contributed by atoms with E-state index in [0.717, 1.165) is 16.6 Å². The molecule has 0 aliphatic carbocycles. The second-order valence-corrected chi connectivity index (χ2v) is 6.02. The molecule has 2 N–H and O–H groups in total. The summed E-state index contributed by atoms with van der Waals surface area (Å²) in [6.45, 7) is 2.02. The fraction of sp³-hybridized carbons (Fsp3) is 0.118. The van der Waals surface area contributed by atoms with Gasteiger partial charge >= 0.3 is 0 Å². The summed E-state index contributed by atoms with van der Waals surface area (Å²) in [5, 5.41) is 12.5. The number of aromatic nitrogens is 2. The van der Waals surface area contributed by atoms with Crippen molar-refractivity contribution in [3.05, 3.63) is 53.6 Å². The maximum atomic E-state index is 12.0. The van der Waals surface area contributed by atoms with Crippen molar-refractivity contribution in [1.29, 1.82) is 5.26 Å². The predicted octanol–water partition coefficient (Wildman–Crippen LogP) is 3.47. The number of rotatable bonds is 4. The van der Waals surface area contributed by atoms with E-state index in [1.165, 1.54) is 11.8 Å². The Hall–Kier alpha value is -2.78. The van der Waals surface area contributed by atoms with E-state index in [0.29, 0.717) is 16.4 Å². The molecule has 0 aliphatic rings. The van der Waals surface area contributed by atoms with Gasteiger partial charge in [0, 0.05) is 0 Å². The van der Waals surface area contributed by atoms with Gasteiger partial charge < -0.3 is 10.3 Å². The van der Waals surface area contributed by atoms with Gasteiger partial charge in [-0.15, -0.1) is 0 Å². The van der Waals surface area contributed by atoms with Crippen LogP contribution in [0.4, 0.5) is 5.69 Å². The number of hydrogen-bond acceptors (Lipinski definition) is 4. The maximum absolute atomic E-state index is 12.0. The molecular weight excluding hydrogens is 308 g/mol. The molecule has 23 heavy (non-hydrogen) atoms. The van der Waals surface area contributed by atoms with Gasteiger partial charge in [-0.3, -0.25) is 4.79 Å². The first-order valence-corrected chi connectivity index (χ1v) is 8.02. The number of fused-ring (bicyclic) bond motifs is 1. The van der Waals surface area contributed by atoms with Crippen molar-refractivity contribution in [2.24, 2.45) is 0 Å². The molecule has 114 valence electrons. The largest absolute Gasteiger partial charge is 0.333 e. The van der Waals surface area contributed by atoms with Crippen molar-refractivity contribution in [2.75, 3.05) is 11.1 Å². The molecule has 2 aromatic carbocycles. The molecule has 3 rings (SSSR count). The number of carbonyl (C=O) groups is 1. The lowest BCUT2D eigenvalue weighted by Crippen LogP contribution is -2.14. The van der Waals surface area contributed by atoms with Gasteiger partial charge in [0.1, 0.15) is 6.07 Å². The van der Waals surface area contributed by atoms with E-state index in [4.69, 9.17) is 5.26 Å². The van der Waals surface area contributed by atoms with Crippen LogP contribution in [0.1, 0.15) is 11.1 Å². The van der Waals surface area contributed by atoms with Crippen LogP contribution in [0.25, 0.3) is 11.0 Å². The normalized spacial score (nSPS) is 10.4. The second-order valence-electron chi connectivity index (χ2n) is 5.06. The van der Waals surface area contributed by atoms with Crippen molar-refractivity contribution in [1.82, 2.24) is 9.97 Å². The molecule has 0 saturated carbocycles. The first kappa shape index (κ1) is 15.1. The van der Waals surface area contributed by atoms with Crippen LogP contribution in [0.15, 0.2) is 47.6 Å². The summed E-state index contributed by atoms with van der Waals surface area (Å²) < 4.78 is 0. The number of benzene rings is 2. The van der Waals surface area contributed by atoms with Crippen molar-refractivity contribution in [2.45, 2.75) is 12.1 Å². The summed E-state index contributed by atoms with van der Waals surface area (Å²) >= 11 is 1.33. The molecule has 0 unspecified atom stereocenters. The highest BCUT2D eigenvalue weighted by Crippen LogP contribution is 2.21. The molecule has 6 heteroatoms. The van der Waals surface area contributed by atoms with Gasteiger partial charge in [-0.05, 0) is 36.8 Å². The van der Waals surface area contributed by atoms with Crippen molar-refractivity contribution in [3.63, 3.8) is 0 Å². The van der Waals surface area contributed by atoms with Gasteiger partial charge in [0.05, 0.1) is 28.0 Å². The number of amides is 1. The average molecular weight is 322 g/mol. The molecule has 0 radical (unpaired) electrons. The minimum atomic E-state index is -0.172. The number of nitriles is 1. The molecule has 1 aromatic heterocycles. The Morgan fingerprint density at radius 2 is 2.17 bits per heavy atom. The molecule has 5 nitrogen and oxygen atoms in total. The zero-order valence-electron chi connectivity index (χ0n) is 12.5. The van der Waals surface area contributed by atoms with Crippen LogP contribution in [0.3, 0.4) is 0 Å². The Labute approximate surface area is 137 Å². The quantitative estimate of drug-likeness (QED) is 0.721. The molecular formula is C17H14N4OS.